The van der Waals surface area contributed by atoms with E-state index in [0.717, 1.165) is 33.7 Å². The molecule has 2 aromatic carbocycles. The van der Waals surface area contributed by atoms with E-state index in [1.807, 2.05) is 24.4 Å². The number of halogens is 1. The summed E-state index contributed by atoms with van der Waals surface area (Å²) in [7, 11) is -2.04. The van der Waals surface area contributed by atoms with Gasteiger partial charge < -0.3 is 15.0 Å². The third-order valence-corrected chi connectivity index (χ3v) is 8.61. The number of rotatable bonds is 7. The highest BCUT2D eigenvalue weighted by Crippen LogP contribution is 2.26. The standard InChI is InChI=1S/C22H24ClN3O4S2/c1-30-16-2-5-21-18(12-16)15(14-25-21)6-7-24-22(27)19-13-17(3-4-20(19)23)32(28,29)26-8-10-31-11-9-26/h2-5,12-14,25H,6-11H2,1H3,(H,24,27). The number of benzene rings is 2. The number of aromatic amines is 1. The molecular weight excluding hydrogens is 470 g/mol. The molecule has 4 rings (SSSR count). The topological polar surface area (TPSA) is 91.5 Å². The van der Waals surface area contributed by atoms with Gasteiger partial charge in [0.05, 0.1) is 22.6 Å². The number of hydrogen-bond donors (Lipinski definition) is 2. The maximum Gasteiger partial charge on any atom is 0.252 e. The van der Waals surface area contributed by atoms with Crippen LogP contribution >= 0.6 is 23.4 Å². The van der Waals surface area contributed by atoms with Crippen LogP contribution in [-0.2, 0) is 16.4 Å². The molecule has 0 bridgehead atoms. The highest BCUT2D eigenvalue weighted by molar-refractivity contribution is 7.99. The summed E-state index contributed by atoms with van der Waals surface area (Å²) >= 11 is 7.96. The van der Waals surface area contributed by atoms with Gasteiger partial charge in [-0.1, -0.05) is 11.6 Å². The monoisotopic (exact) mass is 493 g/mol. The van der Waals surface area contributed by atoms with Crippen molar-refractivity contribution in [2.75, 3.05) is 38.2 Å². The fraction of sp³-hybridized carbons (Fsp3) is 0.318. The zero-order valence-electron chi connectivity index (χ0n) is 17.6. The first-order valence-electron chi connectivity index (χ1n) is 10.2. The third kappa shape index (κ3) is 4.76. The fourth-order valence-electron chi connectivity index (χ4n) is 3.67. The van der Waals surface area contributed by atoms with Crippen LogP contribution in [0.2, 0.25) is 5.02 Å². The molecule has 1 fully saturated rings. The van der Waals surface area contributed by atoms with Crippen molar-refractivity contribution in [2.24, 2.45) is 0 Å². The Morgan fingerprint density at radius 3 is 2.75 bits per heavy atom. The SMILES string of the molecule is COc1ccc2[nH]cc(CCNC(=O)c3cc(S(=O)(=O)N4CCSCC4)ccc3Cl)c2c1. The van der Waals surface area contributed by atoms with Crippen molar-refractivity contribution in [2.45, 2.75) is 11.3 Å². The van der Waals surface area contributed by atoms with E-state index >= 15 is 0 Å². The molecule has 0 atom stereocenters. The summed E-state index contributed by atoms with van der Waals surface area (Å²) in [6.07, 6.45) is 2.51. The summed E-state index contributed by atoms with van der Waals surface area (Å²) in [5.41, 5.74) is 2.19. The Bertz CT molecular complexity index is 1240. The van der Waals surface area contributed by atoms with E-state index in [0.29, 0.717) is 26.1 Å². The van der Waals surface area contributed by atoms with Crippen molar-refractivity contribution >= 4 is 50.2 Å². The lowest BCUT2D eigenvalue weighted by molar-refractivity contribution is 0.0954. The van der Waals surface area contributed by atoms with Crippen LogP contribution in [0.5, 0.6) is 5.75 Å². The molecule has 0 radical (unpaired) electrons. The average Bonchev–Trinajstić information content (AvgIpc) is 3.21. The molecule has 1 aliphatic rings. The maximum atomic E-state index is 12.9. The van der Waals surface area contributed by atoms with Crippen LogP contribution < -0.4 is 10.1 Å². The molecule has 10 heteroatoms. The van der Waals surface area contributed by atoms with Gasteiger partial charge in [0, 0.05) is 48.2 Å². The Morgan fingerprint density at radius 2 is 2.00 bits per heavy atom. The Morgan fingerprint density at radius 1 is 1.22 bits per heavy atom. The Kier molecular flexibility index (Phi) is 6.99. The summed E-state index contributed by atoms with van der Waals surface area (Å²) in [6, 6.07) is 10.1. The molecule has 0 aliphatic carbocycles. The lowest BCUT2D eigenvalue weighted by Gasteiger charge is -2.25. The second-order valence-electron chi connectivity index (χ2n) is 7.39. The van der Waals surface area contributed by atoms with E-state index in [4.69, 9.17) is 16.3 Å². The summed E-state index contributed by atoms with van der Waals surface area (Å²) in [4.78, 5) is 16.1. The lowest BCUT2D eigenvalue weighted by atomic mass is 10.1. The minimum atomic E-state index is -3.66. The van der Waals surface area contributed by atoms with Crippen molar-refractivity contribution < 1.29 is 17.9 Å². The number of ether oxygens (including phenoxy) is 1. The van der Waals surface area contributed by atoms with Gasteiger partial charge in [0.25, 0.3) is 5.91 Å². The van der Waals surface area contributed by atoms with Crippen LogP contribution in [0, 0.1) is 0 Å². The second-order valence-corrected chi connectivity index (χ2v) is 11.0. The molecule has 1 amide bonds. The molecule has 3 aromatic rings. The lowest BCUT2D eigenvalue weighted by Crippen LogP contribution is -2.38. The molecule has 32 heavy (non-hydrogen) atoms. The number of nitrogens with zero attached hydrogens (tertiary/aromatic N) is 1. The second kappa shape index (κ2) is 9.74. The molecule has 0 spiro atoms. The zero-order valence-corrected chi connectivity index (χ0v) is 19.9. The quantitative estimate of drug-likeness (QED) is 0.525. The molecule has 2 N–H and O–H groups in total. The van der Waals surface area contributed by atoms with E-state index in [-0.39, 0.29) is 15.5 Å². The van der Waals surface area contributed by atoms with Crippen LogP contribution in [0.4, 0.5) is 0 Å². The summed E-state index contributed by atoms with van der Waals surface area (Å²) < 4.78 is 32.6. The molecule has 1 saturated heterocycles. The van der Waals surface area contributed by atoms with E-state index in [1.165, 1.54) is 22.5 Å². The van der Waals surface area contributed by atoms with Gasteiger partial charge in [-0.05, 0) is 48.4 Å². The molecule has 0 unspecified atom stereocenters. The van der Waals surface area contributed by atoms with Crippen LogP contribution in [-0.4, -0.2) is 61.9 Å². The van der Waals surface area contributed by atoms with Gasteiger partial charge in [0.2, 0.25) is 10.0 Å². The number of thioether (sulfide) groups is 1. The van der Waals surface area contributed by atoms with Gasteiger partial charge in [-0.3, -0.25) is 4.79 Å². The van der Waals surface area contributed by atoms with Crippen molar-refractivity contribution in [1.82, 2.24) is 14.6 Å². The molecule has 0 saturated carbocycles. The van der Waals surface area contributed by atoms with E-state index < -0.39 is 15.9 Å². The van der Waals surface area contributed by atoms with Crippen LogP contribution in [0.1, 0.15) is 15.9 Å². The van der Waals surface area contributed by atoms with Gasteiger partial charge in [0.1, 0.15) is 5.75 Å². The minimum Gasteiger partial charge on any atom is -0.497 e. The summed E-state index contributed by atoms with van der Waals surface area (Å²) in [6.45, 7) is 1.30. The van der Waals surface area contributed by atoms with Crippen molar-refractivity contribution in [3.8, 4) is 5.75 Å². The minimum absolute atomic E-state index is 0.0858. The Labute approximate surface area is 196 Å². The number of sulfonamides is 1. The number of H-pyrrole nitrogens is 1. The van der Waals surface area contributed by atoms with Crippen LogP contribution in [0.25, 0.3) is 10.9 Å². The predicted octanol–water partition coefficient (Wildman–Crippen LogP) is 3.54. The zero-order chi connectivity index (χ0) is 22.7. The normalized spacial score (nSPS) is 15.1. The van der Waals surface area contributed by atoms with E-state index in [9.17, 15) is 13.2 Å². The number of carbonyl (C=O) groups excluding carboxylic acids is 1. The van der Waals surface area contributed by atoms with Gasteiger partial charge in [-0.15, -0.1) is 0 Å². The van der Waals surface area contributed by atoms with Gasteiger partial charge in [-0.2, -0.15) is 16.1 Å². The molecule has 170 valence electrons. The van der Waals surface area contributed by atoms with Gasteiger partial charge in [-0.25, -0.2) is 8.42 Å². The van der Waals surface area contributed by atoms with Crippen molar-refractivity contribution in [3.63, 3.8) is 0 Å². The van der Waals surface area contributed by atoms with Crippen molar-refractivity contribution in [3.05, 3.63) is 58.7 Å². The average molecular weight is 494 g/mol. The van der Waals surface area contributed by atoms with Gasteiger partial charge >= 0.3 is 0 Å². The highest BCUT2D eigenvalue weighted by atomic mass is 35.5. The predicted molar refractivity (Wildman–Crippen MR) is 128 cm³/mol. The number of amides is 1. The molecule has 1 aromatic heterocycles. The molecule has 2 heterocycles. The summed E-state index contributed by atoms with van der Waals surface area (Å²) in [5.74, 6) is 1.89. The molecule has 7 nitrogen and oxygen atoms in total. The first-order valence-corrected chi connectivity index (χ1v) is 13.2. The third-order valence-electron chi connectivity index (χ3n) is 5.44. The van der Waals surface area contributed by atoms with Crippen molar-refractivity contribution in [1.29, 1.82) is 0 Å². The highest BCUT2D eigenvalue weighted by Gasteiger charge is 2.27. The van der Waals surface area contributed by atoms with Crippen LogP contribution in [0.15, 0.2) is 47.5 Å². The first kappa shape index (κ1) is 23.0. The Balaban J connectivity index is 1.46. The first-order chi connectivity index (χ1) is 15.4. The number of carbonyl (C=O) groups is 1. The number of nitrogens with one attached hydrogen (secondary N) is 2. The fourth-order valence-corrected chi connectivity index (χ4v) is 6.48. The Hall–Kier alpha value is -2.20. The van der Waals surface area contributed by atoms with E-state index in [1.54, 1.807) is 18.9 Å². The largest absolute Gasteiger partial charge is 0.497 e. The molecular formula is C22H24ClN3O4S2. The molecule has 1 aliphatic heterocycles. The maximum absolute atomic E-state index is 12.9. The van der Waals surface area contributed by atoms with Gasteiger partial charge in [0.15, 0.2) is 0 Å². The number of methoxy groups -OCH3 is 1. The smallest absolute Gasteiger partial charge is 0.252 e. The van der Waals surface area contributed by atoms with Crippen LogP contribution in [0.3, 0.4) is 0 Å². The summed E-state index contributed by atoms with van der Waals surface area (Å²) in [5, 5.41) is 4.10. The number of hydrogen-bond acceptors (Lipinski definition) is 5. The van der Waals surface area contributed by atoms with E-state index in [2.05, 4.69) is 10.3 Å². The number of fused-ring (bicyclic) bond motifs is 1. The number of aromatic nitrogens is 1.